The highest BCUT2D eigenvalue weighted by Gasteiger charge is 2.24. The van der Waals surface area contributed by atoms with E-state index in [0.29, 0.717) is 6.42 Å². The number of hydrogen-bond donors (Lipinski definition) is 1. The van der Waals surface area contributed by atoms with Crippen LogP contribution < -0.4 is 5.73 Å². The summed E-state index contributed by atoms with van der Waals surface area (Å²) in [7, 11) is -3.45. The maximum atomic E-state index is 11.6. The van der Waals surface area contributed by atoms with Crippen LogP contribution in [0.1, 0.15) is 24.4 Å². The van der Waals surface area contributed by atoms with E-state index in [9.17, 15) is 8.42 Å². The summed E-state index contributed by atoms with van der Waals surface area (Å²) in [5, 5.41) is 7.02. The first-order valence-corrected chi connectivity index (χ1v) is 7.61. The van der Waals surface area contributed by atoms with Gasteiger partial charge in [-0.1, -0.05) is 42.4 Å². The number of sulfone groups is 1. The summed E-state index contributed by atoms with van der Waals surface area (Å²) >= 11 is 0. The first kappa shape index (κ1) is 13.7. The first-order chi connectivity index (χ1) is 9.03. The molecule has 0 unspecified atom stereocenters. The third-order valence-corrected chi connectivity index (χ3v) is 4.20. The normalized spacial score (nSPS) is 13.4. The van der Waals surface area contributed by atoms with Gasteiger partial charge >= 0.3 is 5.22 Å². The maximum absolute atomic E-state index is 11.6. The van der Waals surface area contributed by atoms with Crippen molar-refractivity contribution in [1.29, 1.82) is 0 Å². The maximum Gasteiger partial charge on any atom is 0.335 e. The molecule has 102 valence electrons. The predicted octanol–water partition coefficient (Wildman–Crippen LogP) is 0.389. The molecule has 0 amide bonds. The molecular formula is C12H16N3O3S+. The van der Waals surface area contributed by atoms with E-state index in [1.807, 2.05) is 30.3 Å². The largest absolute Gasteiger partial charge is 0.406 e. The Morgan fingerprint density at radius 1 is 1.26 bits per heavy atom. The second kappa shape index (κ2) is 5.50. The Balaban J connectivity index is 2.15. The summed E-state index contributed by atoms with van der Waals surface area (Å²) in [6, 6.07) is 9.47. The molecule has 1 heterocycles. The Bertz CT molecular complexity index is 637. The molecule has 0 radical (unpaired) electrons. The molecule has 0 fully saturated rings. The molecule has 19 heavy (non-hydrogen) atoms. The van der Waals surface area contributed by atoms with Crippen LogP contribution in [-0.2, 0) is 16.3 Å². The number of nitrogens with zero attached hydrogens (tertiary/aromatic N) is 2. The lowest BCUT2D eigenvalue weighted by Gasteiger charge is -2.03. The van der Waals surface area contributed by atoms with Gasteiger partial charge in [-0.25, -0.2) is 8.42 Å². The van der Waals surface area contributed by atoms with Crippen molar-refractivity contribution in [3.05, 3.63) is 41.8 Å². The van der Waals surface area contributed by atoms with E-state index in [2.05, 4.69) is 15.9 Å². The van der Waals surface area contributed by atoms with E-state index in [-0.39, 0.29) is 22.9 Å². The molecule has 3 N–H and O–H groups in total. The number of hydrogen-bond acceptors (Lipinski definition) is 5. The summed E-state index contributed by atoms with van der Waals surface area (Å²) < 4.78 is 28.4. The zero-order valence-corrected chi connectivity index (χ0v) is 11.4. The van der Waals surface area contributed by atoms with Crippen LogP contribution in [0.3, 0.4) is 0 Å². The molecule has 7 heteroatoms. The van der Waals surface area contributed by atoms with Crippen LogP contribution in [-0.4, -0.2) is 24.4 Å². The summed E-state index contributed by atoms with van der Waals surface area (Å²) in [6.07, 6.45) is 0.620. The van der Waals surface area contributed by atoms with E-state index >= 15 is 0 Å². The van der Waals surface area contributed by atoms with Gasteiger partial charge in [-0.15, -0.1) is 5.10 Å². The predicted molar refractivity (Wildman–Crippen MR) is 67.8 cm³/mol. The van der Waals surface area contributed by atoms with Gasteiger partial charge in [-0.2, -0.15) is 0 Å². The molecule has 1 atom stereocenters. The van der Waals surface area contributed by atoms with Crippen molar-refractivity contribution in [2.45, 2.75) is 24.6 Å². The van der Waals surface area contributed by atoms with E-state index in [1.54, 1.807) is 0 Å². The quantitative estimate of drug-likeness (QED) is 0.854. The minimum atomic E-state index is -3.45. The second-order valence-electron chi connectivity index (χ2n) is 4.20. The molecule has 0 saturated heterocycles. The van der Waals surface area contributed by atoms with Crippen molar-refractivity contribution in [1.82, 2.24) is 10.2 Å². The molecule has 0 spiro atoms. The van der Waals surface area contributed by atoms with Gasteiger partial charge in [0.05, 0.1) is 5.75 Å². The van der Waals surface area contributed by atoms with Gasteiger partial charge in [0.25, 0.3) is 5.89 Å². The summed E-state index contributed by atoms with van der Waals surface area (Å²) in [4.78, 5) is 0. The Morgan fingerprint density at radius 2 is 1.95 bits per heavy atom. The average molecular weight is 282 g/mol. The van der Waals surface area contributed by atoms with Gasteiger partial charge < -0.3 is 10.2 Å². The molecule has 0 saturated carbocycles. The van der Waals surface area contributed by atoms with Crippen molar-refractivity contribution in [2.24, 2.45) is 0 Å². The van der Waals surface area contributed by atoms with Gasteiger partial charge in [0.15, 0.2) is 6.04 Å². The third-order valence-electron chi connectivity index (χ3n) is 2.74. The lowest BCUT2D eigenvalue weighted by Crippen LogP contribution is -2.54. The highest BCUT2D eigenvalue weighted by molar-refractivity contribution is 7.91. The van der Waals surface area contributed by atoms with Crippen LogP contribution in [0.4, 0.5) is 0 Å². The van der Waals surface area contributed by atoms with Crippen LogP contribution in [0.5, 0.6) is 0 Å². The van der Waals surface area contributed by atoms with Crippen molar-refractivity contribution in [3.63, 3.8) is 0 Å². The molecular weight excluding hydrogens is 266 g/mol. The lowest BCUT2D eigenvalue weighted by molar-refractivity contribution is -0.431. The lowest BCUT2D eigenvalue weighted by atomic mass is 10.1. The Labute approximate surface area is 111 Å². The van der Waals surface area contributed by atoms with Crippen molar-refractivity contribution >= 4 is 9.84 Å². The zero-order valence-electron chi connectivity index (χ0n) is 10.6. The smallest absolute Gasteiger partial charge is 0.335 e. The topological polar surface area (TPSA) is 101 Å². The molecule has 1 aromatic carbocycles. The van der Waals surface area contributed by atoms with E-state index in [0.717, 1.165) is 5.56 Å². The number of benzene rings is 1. The van der Waals surface area contributed by atoms with Crippen LogP contribution >= 0.6 is 0 Å². The van der Waals surface area contributed by atoms with Gasteiger partial charge in [0.1, 0.15) is 0 Å². The highest BCUT2D eigenvalue weighted by Crippen LogP contribution is 2.16. The monoisotopic (exact) mass is 282 g/mol. The first-order valence-electron chi connectivity index (χ1n) is 5.96. The SMILES string of the molecule is CCS(=O)(=O)c1nnc([C@@H]([NH3+])Cc2ccccc2)o1. The number of quaternary nitrogens is 1. The van der Waals surface area contributed by atoms with Crippen molar-refractivity contribution in [2.75, 3.05) is 5.75 Å². The Morgan fingerprint density at radius 3 is 2.58 bits per heavy atom. The second-order valence-corrected chi connectivity index (χ2v) is 6.35. The average Bonchev–Trinajstić information content (AvgIpc) is 2.90. The fourth-order valence-corrected chi connectivity index (χ4v) is 2.24. The van der Waals surface area contributed by atoms with Crippen molar-refractivity contribution < 1.29 is 18.6 Å². The third kappa shape index (κ3) is 3.18. The van der Waals surface area contributed by atoms with Gasteiger partial charge in [0.2, 0.25) is 9.84 Å². The minimum Gasteiger partial charge on any atom is -0.406 e. The zero-order chi connectivity index (χ0) is 13.9. The fraction of sp³-hybridized carbons (Fsp3) is 0.333. The van der Waals surface area contributed by atoms with Gasteiger partial charge in [0, 0.05) is 6.42 Å². The molecule has 6 nitrogen and oxygen atoms in total. The Hall–Kier alpha value is -1.73. The van der Waals surface area contributed by atoms with Crippen molar-refractivity contribution in [3.8, 4) is 0 Å². The molecule has 0 aliphatic carbocycles. The summed E-state index contributed by atoms with van der Waals surface area (Å²) in [6.45, 7) is 1.53. The molecule has 1 aromatic heterocycles. The molecule has 0 aliphatic rings. The van der Waals surface area contributed by atoms with Crippen LogP contribution in [0.15, 0.2) is 40.0 Å². The highest BCUT2D eigenvalue weighted by atomic mass is 32.2. The number of aromatic nitrogens is 2. The number of rotatable bonds is 5. The molecule has 2 rings (SSSR count). The van der Waals surface area contributed by atoms with E-state index in [1.165, 1.54) is 6.92 Å². The van der Waals surface area contributed by atoms with Crippen LogP contribution in [0.2, 0.25) is 0 Å². The van der Waals surface area contributed by atoms with Gasteiger partial charge in [-0.05, 0) is 5.56 Å². The Kier molecular flexibility index (Phi) is 3.96. The fourth-order valence-electron chi connectivity index (χ4n) is 1.62. The minimum absolute atomic E-state index is 0.0604. The van der Waals surface area contributed by atoms with E-state index < -0.39 is 9.84 Å². The molecule has 2 aromatic rings. The standard InChI is InChI=1S/C12H15N3O3S/c1-2-19(16,17)12-15-14-11(18-12)10(13)8-9-6-4-3-5-7-9/h3-7,10H,2,8,13H2,1H3/p+1/t10-/m0/s1. The molecule has 0 aliphatic heterocycles. The van der Waals surface area contributed by atoms with Gasteiger partial charge in [-0.3, -0.25) is 0 Å². The van der Waals surface area contributed by atoms with Crippen LogP contribution in [0.25, 0.3) is 0 Å². The summed E-state index contributed by atoms with van der Waals surface area (Å²) in [5.41, 5.74) is 5.02. The van der Waals surface area contributed by atoms with Crippen LogP contribution in [0, 0.1) is 0 Å². The molecule has 0 bridgehead atoms. The summed E-state index contributed by atoms with van der Waals surface area (Å²) in [5.74, 6) is 0.186. The van der Waals surface area contributed by atoms with E-state index in [4.69, 9.17) is 4.42 Å².